The normalized spacial score (nSPS) is 15.6. The van der Waals surface area contributed by atoms with E-state index in [1.807, 2.05) is 30.3 Å². The summed E-state index contributed by atoms with van der Waals surface area (Å²) >= 11 is 0. The van der Waals surface area contributed by atoms with Crippen molar-refractivity contribution in [2.45, 2.75) is 25.4 Å². The van der Waals surface area contributed by atoms with Crippen LogP contribution in [0.5, 0.6) is 11.6 Å². The van der Waals surface area contributed by atoms with Crippen LogP contribution in [0.2, 0.25) is 0 Å². The summed E-state index contributed by atoms with van der Waals surface area (Å²) in [5.74, 6) is 1.54. The van der Waals surface area contributed by atoms with Gasteiger partial charge in [0.05, 0.1) is 12.6 Å². The van der Waals surface area contributed by atoms with Crippen molar-refractivity contribution in [3.05, 3.63) is 30.3 Å². The van der Waals surface area contributed by atoms with Gasteiger partial charge < -0.3 is 9.47 Å². The van der Waals surface area contributed by atoms with E-state index < -0.39 is 0 Å². The highest BCUT2D eigenvalue weighted by Gasteiger charge is 2.19. The lowest BCUT2D eigenvalue weighted by Crippen LogP contribution is -2.24. The number of aromatic nitrogens is 1. The van der Waals surface area contributed by atoms with Crippen LogP contribution < -0.4 is 9.47 Å². The molecule has 0 unspecified atom stereocenters. The van der Waals surface area contributed by atoms with Crippen molar-refractivity contribution in [2.75, 3.05) is 7.11 Å². The average Bonchev–Trinajstić information content (AvgIpc) is 2.33. The number of methoxy groups -OCH3 is 1. The van der Waals surface area contributed by atoms with Crippen LogP contribution in [0, 0.1) is 0 Å². The van der Waals surface area contributed by atoms with E-state index >= 15 is 0 Å². The van der Waals surface area contributed by atoms with Crippen molar-refractivity contribution < 1.29 is 9.47 Å². The molecule has 0 radical (unpaired) electrons. The Hall–Kier alpha value is -1.77. The van der Waals surface area contributed by atoms with E-state index in [9.17, 15) is 0 Å². The standard InChI is InChI=1S/C14H15NO2/c1-16-12-7-5-10-6-8-14(15-13(10)9-12)17-11-3-2-4-11/h5-9,11H,2-4H2,1H3. The van der Waals surface area contributed by atoms with Crippen molar-refractivity contribution in [3.63, 3.8) is 0 Å². The molecule has 3 heteroatoms. The van der Waals surface area contributed by atoms with E-state index in [0.29, 0.717) is 6.10 Å². The number of ether oxygens (including phenoxy) is 2. The van der Waals surface area contributed by atoms with Gasteiger partial charge in [0.25, 0.3) is 0 Å². The first kappa shape index (κ1) is 10.4. The first-order chi connectivity index (χ1) is 8.35. The third-order valence-corrected chi connectivity index (χ3v) is 3.21. The molecule has 0 atom stereocenters. The van der Waals surface area contributed by atoms with E-state index in [4.69, 9.17) is 9.47 Å². The maximum atomic E-state index is 5.78. The Bertz CT molecular complexity index is 535. The van der Waals surface area contributed by atoms with Crippen molar-refractivity contribution in [3.8, 4) is 11.6 Å². The van der Waals surface area contributed by atoms with Gasteiger partial charge in [-0.3, -0.25) is 0 Å². The minimum Gasteiger partial charge on any atom is -0.497 e. The summed E-state index contributed by atoms with van der Waals surface area (Å²) in [7, 11) is 1.66. The summed E-state index contributed by atoms with van der Waals surface area (Å²) in [5.41, 5.74) is 0.918. The Morgan fingerprint density at radius 1 is 1.18 bits per heavy atom. The Balaban J connectivity index is 1.92. The summed E-state index contributed by atoms with van der Waals surface area (Å²) in [5, 5.41) is 1.10. The van der Waals surface area contributed by atoms with E-state index in [2.05, 4.69) is 4.98 Å². The van der Waals surface area contributed by atoms with Gasteiger partial charge in [0, 0.05) is 17.5 Å². The molecule has 88 valence electrons. The highest BCUT2D eigenvalue weighted by atomic mass is 16.5. The molecule has 0 spiro atoms. The number of fused-ring (bicyclic) bond motifs is 1. The largest absolute Gasteiger partial charge is 0.497 e. The zero-order valence-corrected chi connectivity index (χ0v) is 9.85. The lowest BCUT2D eigenvalue weighted by molar-refractivity contribution is 0.115. The van der Waals surface area contributed by atoms with Crippen LogP contribution in [0.1, 0.15) is 19.3 Å². The predicted octanol–water partition coefficient (Wildman–Crippen LogP) is 3.17. The van der Waals surface area contributed by atoms with Crippen LogP contribution in [-0.2, 0) is 0 Å². The molecule has 1 aliphatic rings. The van der Waals surface area contributed by atoms with E-state index in [-0.39, 0.29) is 0 Å². The minimum absolute atomic E-state index is 0.366. The Morgan fingerprint density at radius 3 is 2.71 bits per heavy atom. The Labute approximate surface area is 100 Å². The summed E-state index contributed by atoms with van der Waals surface area (Å²) in [6.45, 7) is 0. The fraction of sp³-hybridized carbons (Fsp3) is 0.357. The number of benzene rings is 1. The summed E-state index contributed by atoms with van der Waals surface area (Å²) in [6.07, 6.45) is 3.94. The van der Waals surface area contributed by atoms with Gasteiger partial charge in [-0.05, 0) is 37.5 Å². The van der Waals surface area contributed by atoms with Crippen LogP contribution in [0.4, 0.5) is 0 Å². The third-order valence-electron chi connectivity index (χ3n) is 3.21. The lowest BCUT2D eigenvalue weighted by atomic mass is 9.96. The lowest BCUT2D eigenvalue weighted by Gasteiger charge is -2.25. The molecule has 1 aromatic heterocycles. The topological polar surface area (TPSA) is 31.4 Å². The second kappa shape index (κ2) is 4.24. The number of hydrogen-bond acceptors (Lipinski definition) is 3. The Morgan fingerprint density at radius 2 is 2.00 bits per heavy atom. The van der Waals surface area contributed by atoms with Crippen molar-refractivity contribution in [2.24, 2.45) is 0 Å². The number of rotatable bonds is 3. The van der Waals surface area contributed by atoms with Gasteiger partial charge in [-0.15, -0.1) is 0 Å². The van der Waals surface area contributed by atoms with Gasteiger partial charge in [-0.25, -0.2) is 4.98 Å². The van der Waals surface area contributed by atoms with Crippen LogP contribution in [-0.4, -0.2) is 18.2 Å². The van der Waals surface area contributed by atoms with Crippen molar-refractivity contribution in [1.29, 1.82) is 0 Å². The first-order valence-electron chi connectivity index (χ1n) is 5.96. The zero-order chi connectivity index (χ0) is 11.7. The van der Waals surface area contributed by atoms with Crippen molar-refractivity contribution in [1.82, 2.24) is 4.98 Å². The fourth-order valence-electron chi connectivity index (χ4n) is 1.93. The predicted molar refractivity (Wildman–Crippen MR) is 66.6 cm³/mol. The van der Waals surface area contributed by atoms with Crippen LogP contribution >= 0.6 is 0 Å². The Kier molecular flexibility index (Phi) is 2.59. The van der Waals surface area contributed by atoms with Crippen LogP contribution in [0.25, 0.3) is 10.9 Å². The monoisotopic (exact) mass is 229 g/mol. The molecule has 1 fully saturated rings. The molecule has 1 heterocycles. The quantitative estimate of drug-likeness (QED) is 0.810. The second-order valence-corrected chi connectivity index (χ2v) is 4.38. The van der Waals surface area contributed by atoms with E-state index in [1.54, 1.807) is 7.11 Å². The number of nitrogens with zero attached hydrogens (tertiary/aromatic N) is 1. The maximum Gasteiger partial charge on any atom is 0.214 e. The molecule has 0 aliphatic heterocycles. The smallest absolute Gasteiger partial charge is 0.214 e. The molecular formula is C14H15NO2. The van der Waals surface area contributed by atoms with Gasteiger partial charge in [0.1, 0.15) is 11.9 Å². The van der Waals surface area contributed by atoms with Crippen molar-refractivity contribution >= 4 is 10.9 Å². The molecule has 1 aromatic carbocycles. The highest BCUT2D eigenvalue weighted by molar-refractivity contribution is 5.80. The van der Waals surface area contributed by atoms with Gasteiger partial charge in [-0.2, -0.15) is 0 Å². The fourth-order valence-corrected chi connectivity index (χ4v) is 1.93. The molecule has 0 amide bonds. The molecular weight excluding hydrogens is 214 g/mol. The van der Waals surface area contributed by atoms with Gasteiger partial charge in [0.2, 0.25) is 5.88 Å². The van der Waals surface area contributed by atoms with Crippen LogP contribution in [0.3, 0.4) is 0 Å². The molecule has 3 rings (SSSR count). The first-order valence-corrected chi connectivity index (χ1v) is 5.96. The summed E-state index contributed by atoms with van der Waals surface area (Å²) in [4.78, 5) is 4.50. The average molecular weight is 229 g/mol. The highest BCUT2D eigenvalue weighted by Crippen LogP contribution is 2.26. The van der Waals surface area contributed by atoms with Gasteiger partial charge in [-0.1, -0.05) is 0 Å². The summed E-state index contributed by atoms with van der Waals surface area (Å²) < 4.78 is 11.0. The molecule has 17 heavy (non-hydrogen) atoms. The molecule has 1 saturated carbocycles. The molecule has 0 N–H and O–H groups in total. The van der Waals surface area contributed by atoms with Gasteiger partial charge >= 0.3 is 0 Å². The van der Waals surface area contributed by atoms with E-state index in [1.165, 1.54) is 6.42 Å². The molecule has 0 bridgehead atoms. The third kappa shape index (κ3) is 2.05. The minimum atomic E-state index is 0.366. The number of hydrogen-bond donors (Lipinski definition) is 0. The van der Waals surface area contributed by atoms with E-state index in [0.717, 1.165) is 35.4 Å². The molecule has 2 aromatic rings. The maximum absolute atomic E-state index is 5.78. The molecule has 1 aliphatic carbocycles. The zero-order valence-electron chi connectivity index (χ0n) is 9.85. The molecule has 3 nitrogen and oxygen atoms in total. The van der Waals surface area contributed by atoms with Crippen LogP contribution in [0.15, 0.2) is 30.3 Å². The SMILES string of the molecule is COc1ccc2ccc(OC3CCC3)nc2c1. The second-order valence-electron chi connectivity index (χ2n) is 4.38. The molecule has 0 saturated heterocycles. The number of pyridine rings is 1. The summed E-state index contributed by atoms with van der Waals surface area (Å²) in [6, 6.07) is 9.86. The van der Waals surface area contributed by atoms with Gasteiger partial charge in [0.15, 0.2) is 0 Å².